The Balaban J connectivity index is 1.97. The molecule has 1 aromatic carbocycles. The van der Waals surface area contributed by atoms with Gasteiger partial charge < -0.3 is 5.32 Å². The molecule has 0 radical (unpaired) electrons. The number of rotatable bonds is 5. The van der Waals surface area contributed by atoms with E-state index in [9.17, 15) is 0 Å². The summed E-state index contributed by atoms with van der Waals surface area (Å²) in [6, 6.07) is 11.3. The van der Waals surface area contributed by atoms with E-state index in [0.29, 0.717) is 6.04 Å². The molecule has 0 aliphatic rings. The number of benzene rings is 1. The molecule has 0 saturated heterocycles. The lowest BCUT2D eigenvalue weighted by molar-refractivity contribution is 0.588. The Morgan fingerprint density at radius 2 is 1.78 bits per heavy atom. The van der Waals surface area contributed by atoms with E-state index in [1.807, 2.05) is 16.9 Å². The first kappa shape index (κ1) is 12.8. The minimum atomic E-state index is 0.524. The molecule has 1 heterocycles. The highest BCUT2D eigenvalue weighted by Crippen LogP contribution is 2.07. The van der Waals surface area contributed by atoms with Gasteiger partial charge in [0, 0.05) is 24.5 Å². The molecule has 0 aliphatic heterocycles. The van der Waals surface area contributed by atoms with Crippen LogP contribution in [-0.2, 0) is 13.1 Å². The predicted octanol–water partition coefficient (Wildman–Crippen LogP) is 2.74. The summed E-state index contributed by atoms with van der Waals surface area (Å²) in [6.07, 6.45) is 1.84. The van der Waals surface area contributed by atoms with Crippen LogP contribution < -0.4 is 5.32 Å². The van der Waals surface area contributed by atoms with Gasteiger partial charge in [-0.2, -0.15) is 5.10 Å². The van der Waals surface area contributed by atoms with Crippen molar-refractivity contribution in [1.29, 1.82) is 0 Å². The van der Waals surface area contributed by atoms with Crippen LogP contribution in [0.4, 0.5) is 0 Å². The van der Waals surface area contributed by atoms with Gasteiger partial charge in [-0.1, -0.05) is 38.1 Å². The second kappa shape index (κ2) is 5.83. The molecule has 1 aromatic heterocycles. The highest BCUT2D eigenvalue weighted by Gasteiger charge is 2.00. The van der Waals surface area contributed by atoms with Gasteiger partial charge in [-0.15, -0.1) is 0 Å². The summed E-state index contributed by atoms with van der Waals surface area (Å²) >= 11 is 0. The Bertz CT molecular complexity index is 483. The Morgan fingerprint density at radius 1 is 1.11 bits per heavy atom. The first-order chi connectivity index (χ1) is 8.65. The second-order valence-corrected chi connectivity index (χ2v) is 4.98. The molecule has 3 nitrogen and oxygen atoms in total. The predicted molar refractivity (Wildman–Crippen MR) is 74.5 cm³/mol. The zero-order chi connectivity index (χ0) is 13.0. The lowest BCUT2D eigenvalue weighted by Crippen LogP contribution is -2.21. The molecule has 0 fully saturated rings. The Morgan fingerprint density at radius 3 is 2.33 bits per heavy atom. The fourth-order valence-electron chi connectivity index (χ4n) is 1.82. The normalized spacial score (nSPS) is 11.1. The van der Waals surface area contributed by atoms with E-state index in [1.54, 1.807) is 0 Å². The summed E-state index contributed by atoms with van der Waals surface area (Å²) in [4.78, 5) is 0. The minimum Gasteiger partial charge on any atom is -0.310 e. The average Bonchev–Trinajstić information content (AvgIpc) is 2.74. The molecule has 0 saturated carbocycles. The zero-order valence-electron chi connectivity index (χ0n) is 11.4. The summed E-state index contributed by atoms with van der Waals surface area (Å²) in [5, 5.41) is 7.72. The van der Waals surface area contributed by atoms with E-state index in [4.69, 9.17) is 0 Å². The van der Waals surface area contributed by atoms with E-state index in [2.05, 4.69) is 55.5 Å². The molecule has 0 bridgehead atoms. The van der Waals surface area contributed by atoms with Gasteiger partial charge in [0.15, 0.2) is 0 Å². The van der Waals surface area contributed by atoms with E-state index in [1.165, 1.54) is 16.8 Å². The van der Waals surface area contributed by atoms with Crippen LogP contribution in [-0.4, -0.2) is 15.8 Å². The molecule has 18 heavy (non-hydrogen) atoms. The Kier molecular flexibility index (Phi) is 4.15. The molecule has 0 aliphatic carbocycles. The van der Waals surface area contributed by atoms with E-state index < -0.39 is 0 Å². The molecular weight excluding hydrogens is 222 g/mol. The lowest BCUT2D eigenvalue weighted by Gasteiger charge is -2.09. The van der Waals surface area contributed by atoms with Crippen molar-refractivity contribution in [2.45, 2.75) is 39.9 Å². The second-order valence-electron chi connectivity index (χ2n) is 4.98. The maximum atomic E-state index is 4.30. The van der Waals surface area contributed by atoms with Gasteiger partial charge in [-0.3, -0.25) is 4.68 Å². The molecule has 2 rings (SSSR count). The number of aromatic nitrogens is 2. The highest BCUT2D eigenvalue weighted by molar-refractivity contribution is 5.23. The van der Waals surface area contributed by atoms with Crippen molar-refractivity contribution in [2.24, 2.45) is 0 Å². The SMILES string of the molecule is Cc1ccnn1Cc1ccc(CNC(C)C)cc1. The number of hydrogen-bond acceptors (Lipinski definition) is 2. The van der Waals surface area contributed by atoms with Gasteiger partial charge >= 0.3 is 0 Å². The molecule has 1 N–H and O–H groups in total. The molecular formula is C15H21N3. The molecule has 0 amide bonds. The van der Waals surface area contributed by atoms with Crippen LogP contribution in [0.25, 0.3) is 0 Å². The quantitative estimate of drug-likeness (QED) is 0.875. The summed E-state index contributed by atoms with van der Waals surface area (Å²) in [7, 11) is 0. The summed E-state index contributed by atoms with van der Waals surface area (Å²) in [5.41, 5.74) is 3.81. The fraction of sp³-hybridized carbons (Fsp3) is 0.400. The molecule has 0 atom stereocenters. The first-order valence-corrected chi connectivity index (χ1v) is 6.45. The number of nitrogens with zero attached hydrogens (tertiary/aromatic N) is 2. The Hall–Kier alpha value is -1.61. The average molecular weight is 243 g/mol. The molecule has 0 spiro atoms. The third kappa shape index (κ3) is 3.44. The minimum absolute atomic E-state index is 0.524. The summed E-state index contributed by atoms with van der Waals surface area (Å²) in [5.74, 6) is 0. The van der Waals surface area contributed by atoms with Crippen molar-refractivity contribution in [3.05, 3.63) is 53.3 Å². The van der Waals surface area contributed by atoms with Crippen LogP contribution in [0.5, 0.6) is 0 Å². The number of nitrogens with one attached hydrogen (secondary N) is 1. The third-order valence-corrected chi connectivity index (χ3v) is 3.00. The maximum absolute atomic E-state index is 4.30. The smallest absolute Gasteiger partial charge is 0.0662 e. The van der Waals surface area contributed by atoms with Gasteiger partial charge in [-0.05, 0) is 24.1 Å². The monoisotopic (exact) mass is 243 g/mol. The van der Waals surface area contributed by atoms with Crippen LogP contribution in [0.2, 0.25) is 0 Å². The van der Waals surface area contributed by atoms with Crippen molar-refractivity contribution in [1.82, 2.24) is 15.1 Å². The topological polar surface area (TPSA) is 29.9 Å². The highest BCUT2D eigenvalue weighted by atomic mass is 15.3. The molecule has 96 valence electrons. The summed E-state index contributed by atoms with van der Waals surface area (Å²) < 4.78 is 2.02. The van der Waals surface area contributed by atoms with E-state index >= 15 is 0 Å². The van der Waals surface area contributed by atoms with Crippen molar-refractivity contribution in [3.63, 3.8) is 0 Å². The van der Waals surface area contributed by atoms with Gasteiger partial charge in [0.2, 0.25) is 0 Å². The number of aryl methyl sites for hydroxylation is 1. The van der Waals surface area contributed by atoms with Crippen molar-refractivity contribution >= 4 is 0 Å². The first-order valence-electron chi connectivity index (χ1n) is 6.45. The molecule has 0 unspecified atom stereocenters. The van der Waals surface area contributed by atoms with Crippen LogP contribution in [0, 0.1) is 6.92 Å². The van der Waals surface area contributed by atoms with Crippen molar-refractivity contribution in [3.8, 4) is 0 Å². The third-order valence-electron chi connectivity index (χ3n) is 3.00. The van der Waals surface area contributed by atoms with Crippen LogP contribution in [0.15, 0.2) is 36.5 Å². The largest absolute Gasteiger partial charge is 0.310 e. The van der Waals surface area contributed by atoms with Gasteiger partial charge in [-0.25, -0.2) is 0 Å². The zero-order valence-corrected chi connectivity index (χ0v) is 11.4. The van der Waals surface area contributed by atoms with Crippen LogP contribution in [0.1, 0.15) is 30.7 Å². The van der Waals surface area contributed by atoms with E-state index in [0.717, 1.165) is 13.1 Å². The molecule has 3 heteroatoms. The standard InChI is InChI=1S/C15H21N3/c1-12(2)16-10-14-4-6-15(7-5-14)11-18-13(3)8-9-17-18/h4-9,12,16H,10-11H2,1-3H3. The van der Waals surface area contributed by atoms with Crippen molar-refractivity contribution in [2.75, 3.05) is 0 Å². The van der Waals surface area contributed by atoms with Crippen molar-refractivity contribution < 1.29 is 0 Å². The van der Waals surface area contributed by atoms with Gasteiger partial charge in [0.1, 0.15) is 0 Å². The van der Waals surface area contributed by atoms with Crippen LogP contribution in [0.3, 0.4) is 0 Å². The van der Waals surface area contributed by atoms with Gasteiger partial charge in [0.05, 0.1) is 6.54 Å². The number of hydrogen-bond donors (Lipinski definition) is 1. The summed E-state index contributed by atoms with van der Waals surface area (Å²) in [6.45, 7) is 8.17. The fourth-order valence-corrected chi connectivity index (χ4v) is 1.82. The lowest BCUT2D eigenvalue weighted by atomic mass is 10.1. The van der Waals surface area contributed by atoms with Gasteiger partial charge in [0.25, 0.3) is 0 Å². The van der Waals surface area contributed by atoms with Crippen LogP contribution >= 0.6 is 0 Å². The molecule has 2 aromatic rings. The Labute approximate surface area is 109 Å². The van der Waals surface area contributed by atoms with E-state index in [-0.39, 0.29) is 0 Å². The maximum Gasteiger partial charge on any atom is 0.0662 e.